The second-order valence-corrected chi connectivity index (χ2v) is 7.98. The van der Waals surface area contributed by atoms with Crippen LogP contribution >= 0.6 is 0 Å². The fourth-order valence-electron chi connectivity index (χ4n) is 4.29. The van der Waals surface area contributed by atoms with Crippen molar-refractivity contribution >= 4 is 23.0 Å². The van der Waals surface area contributed by atoms with Crippen LogP contribution in [-0.2, 0) is 11.2 Å². The van der Waals surface area contributed by atoms with Crippen molar-refractivity contribution in [1.82, 2.24) is 4.98 Å². The molecule has 0 bridgehead atoms. The van der Waals surface area contributed by atoms with E-state index in [4.69, 9.17) is 10.00 Å². The molecular formula is C26H26N4O2. The number of anilines is 3. The van der Waals surface area contributed by atoms with Gasteiger partial charge in [-0.05, 0) is 72.9 Å². The molecular weight excluding hydrogens is 400 g/mol. The SMILES string of the molecule is COC(=O)c1ccncc1NC[C@@H]1CCCc2cc(N(C)c3ccc(C#N)cc3)ccc21. The number of fused-ring (bicyclic) bond motifs is 1. The van der Waals surface area contributed by atoms with Gasteiger partial charge in [0.1, 0.15) is 0 Å². The molecule has 32 heavy (non-hydrogen) atoms. The number of methoxy groups -OCH3 is 1. The van der Waals surface area contributed by atoms with E-state index in [2.05, 4.69) is 39.5 Å². The molecule has 0 radical (unpaired) electrons. The number of ether oxygens (including phenoxy) is 1. The van der Waals surface area contributed by atoms with Gasteiger partial charge in [0.05, 0.1) is 36.2 Å². The number of aromatic nitrogens is 1. The number of nitrogens with zero attached hydrogens (tertiary/aromatic N) is 3. The molecule has 6 heteroatoms. The molecule has 4 rings (SSSR count). The number of carbonyl (C=O) groups is 1. The van der Waals surface area contributed by atoms with Gasteiger partial charge in [0.25, 0.3) is 0 Å². The van der Waals surface area contributed by atoms with Crippen LogP contribution in [-0.4, -0.2) is 31.7 Å². The number of nitriles is 1. The molecule has 162 valence electrons. The third-order valence-electron chi connectivity index (χ3n) is 6.10. The van der Waals surface area contributed by atoms with Crippen LogP contribution in [0.1, 0.15) is 45.8 Å². The van der Waals surface area contributed by atoms with E-state index in [0.717, 1.165) is 37.2 Å². The zero-order valence-electron chi connectivity index (χ0n) is 18.3. The molecule has 0 amide bonds. The fourth-order valence-corrected chi connectivity index (χ4v) is 4.29. The van der Waals surface area contributed by atoms with Gasteiger partial charge >= 0.3 is 5.97 Å². The van der Waals surface area contributed by atoms with Crippen LogP contribution in [0, 0.1) is 11.3 Å². The molecule has 1 aliphatic carbocycles. The number of pyridine rings is 1. The Morgan fingerprint density at radius 3 is 2.75 bits per heavy atom. The summed E-state index contributed by atoms with van der Waals surface area (Å²) in [6.07, 6.45) is 6.55. The van der Waals surface area contributed by atoms with Crippen molar-refractivity contribution < 1.29 is 9.53 Å². The van der Waals surface area contributed by atoms with Gasteiger partial charge < -0.3 is 15.0 Å². The Balaban J connectivity index is 1.51. The van der Waals surface area contributed by atoms with Gasteiger partial charge in [-0.2, -0.15) is 5.26 Å². The Morgan fingerprint density at radius 1 is 1.22 bits per heavy atom. The monoisotopic (exact) mass is 426 g/mol. The molecule has 1 N–H and O–H groups in total. The van der Waals surface area contributed by atoms with Crippen molar-refractivity contribution in [1.29, 1.82) is 5.26 Å². The number of hydrogen-bond donors (Lipinski definition) is 1. The molecule has 0 saturated carbocycles. The van der Waals surface area contributed by atoms with Crippen LogP contribution in [0.5, 0.6) is 0 Å². The molecule has 0 spiro atoms. The minimum absolute atomic E-state index is 0.360. The lowest BCUT2D eigenvalue weighted by molar-refractivity contribution is 0.0601. The number of aryl methyl sites for hydroxylation is 1. The zero-order valence-corrected chi connectivity index (χ0v) is 18.3. The predicted octanol–water partition coefficient (Wildman–Crippen LogP) is 5.04. The summed E-state index contributed by atoms with van der Waals surface area (Å²) in [5.41, 5.74) is 6.74. The Hall–Kier alpha value is -3.85. The van der Waals surface area contributed by atoms with E-state index in [9.17, 15) is 4.79 Å². The van der Waals surface area contributed by atoms with E-state index >= 15 is 0 Å². The molecule has 1 aliphatic rings. The molecule has 0 saturated heterocycles. The molecule has 1 aromatic heterocycles. The summed E-state index contributed by atoms with van der Waals surface area (Å²) >= 11 is 0. The first kappa shape index (κ1) is 21.4. The molecule has 1 heterocycles. The van der Waals surface area contributed by atoms with Crippen LogP contribution < -0.4 is 10.2 Å². The lowest BCUT2D eigenvalue weighted by Gasteiger charge is -2.28. The highest BCUT2D eigenvalue weighted by molar-refractivity contribution is 5.95. The summed E-state index contributed by atoms with van der Waals surface area (Å²) in [6.45, 7) is 0.730. The van der Waals surface area contributed by atoms with E-state index in [0.29, 0.717) is 22.7 Å². The van der Waals surface area contributed by atoms with Gasteiger partial charge in [-0.15, -0.1) is 0 Å². The Morgan fingerprint density at radius 2 is 2.00 bits per heavy atom. The topological polar surface area (TPSA) is 78.2 Å². The van der Waals surface area contributed by atoms with E-state index in [-0.39, 0.29) is 5.97 Å². The summed E-state index contributed by atoms with van der Waals surface area (Å²) in [7, 11) is 3.43. The number of benzene rings is 2. The Bertz CT molecular complexity index is 1150. The second-order valence-electron chi connectivity index (χ2n) is 7.98. The summed E-state index contributed by atoms with van der Waals surface area (Å²) in [5, 5.41) is 12.4. The smallest absolute Gasteiger partial charge is 0.340 e. The van der Waals surface area contributed by atoms with E-state index < -0.39 is 0 Å². The van der Waals surface area contributed by atoms with E-state index in [1.165, 1.54) is 18.2 Å². The van der Waals surface area contributed by atoms with Crippen LogP contribution in [0.15, 0.2) is 60.9 Å². The highest BCUT2D eigenvalue weighted by atomic mass is 16.5. The minimum atomic E-state index is -0.366. The summed E-state index contributed by atoms with van der Waals surface area (Å²) in [4.78, 5) is 18.3. The van der Waals surface area contributed by atoms with Gasteiger partial charge in [-0.1, -0.05) is 6.07 Å². The first-order chi connectivity index (χ1) is 15.6. The summed E-state index contributed by atoms with van der Waals surface area (Å²) in [5.74, 6) is -0.00635. The lowest BCUT2D eigenvalue weighted by Crippen LogP contribution is -2.20. The zero-order chi connectivity index (χ0) is 22.5. The molecule has 2 aromatic carbocycles. The first-order valence-corrected chi connectivity index (χ1v) is 10.7. The maximum atomic E-state index is 12.0. The maximum absolute atomic E-state index is 12.0. The number of hydrogen-bond acceptors (Lipinski definition) is 6. The number of nitrogens with one attached hydrogen (secondary N) is 1. The molecule has 6 nitrogen and oxygen atoms in total. The predicted molar refractivity (Wildman–Crippen MR) is 125 cm³/mol. The van der Waals surface area contributed by atoms with Crippen LogP contribution in [0.25, 0.3) is 0 Å². The summed E-state index contributed by atoms with van der Waals surface area (Å²) in [6, 6.07) is 18.1. The molecule has 1 atom stereocenters. The maximum Gasteiger partial charge on any atom is 0.340 e. The van der Waals surface area contributed by atoms with Crippen molar-refractivity contribution in [3.05, 3.63) is 83.2 Å². The first-order valence-electron chi connectivity index (χ1n) is 10.7. The van der Waals surface area contributed by atoms with Crippen LogP contribution in [0.4, 0.5) is 17.1 Å². The molecule has 0 aliphatic heterocycles. The van der Waals surface area contributed by atoms with Gasteiger partial charge in [-0.3, -0.25) is 4.98 Å². The third-order valence-corrected chi connectivity index (χ3v) is 6.10. The Labute approximate surface area is 188 Å². The van der Waals surface area contributed by atoms with Crippen molar-refractivity contribution in [3.8, 4) is 6.07 Å². The van der Waals surface area contributed by atoms with Crippen molar-refractivity contribution in [3.63, 3.8) is 0 Å². The fraction of sp³-hybridized carbons (Fsp3) is 0.269. The summed E-state index contributed by atoms with van der Waals surface area (Å²) < 4.78 is 4.88. The van der Waals surface area contributed by atoms with Gasteiger partial charge in [0, 0.05) is 37.1 Å². The van der Waals surface area contributed by atoms with Gasteiger partial charge in [0.15, 0.2) is 0 Å². The molecule has 0 fully saturated rings. The van der Waals surface area contributed by atoms with E-state index in [1.54, 1.807) is 18.5 Å². The number of esters is 1. The highest BCUT2D eigenvalue weighted by Crippen LogP contribution is 2.35. The largest absolute Gasteiger partial charge is 0.465 e. The molecule has 3 aromatic rings. The van der Waals surface area contributed by atoms with Crippen molar-refractivity contribution in [2.45, 2.75) is 25.2 Å². The average molecular weight is 427 g/mol. The van der Waals surface area contributed by atoms with Crippen LogP contribution in [0.3, 0.4) is 0 Å². The molecule has 0 unspecified atom stereocenters. The van der Waals surface area contributed by atoms with Crippen molar-refractivity contribution in [2.24, 2.45) is 0 Å². The van der Waals surface area contributed by atoms with Crippen LogP contribution in [0.2, 0.25) is 0 Å². The highest BCUT2D eigenvalue weighted by Gasteiger charge is 2.22. The number of rotatable bonds is 6. The van der Waals surface area contributed by atoms with E-state index in [1.807, 2.05) is 31.3 Å². The second kappa shape index (κ2) is 9.52. The quantitative estimate of drug-likeness (QED) is 0.557. The normalized spacial score (nSPS) is 14.7. The lowest BCUT2D eigenvalue weighted by atomic mass is 9.82. The standard InChI is InChI=1S/C26H26N4O2/c1-30(21-8-6-18(15-27)7-9-21)22-10-11-23-19(14-22)4-3-5-20(23)16-29-25-17-28-13-12-24(25)26(31)32-2/h6-14,17,20,29H,3-5,16H2,1-2H3/t20-/m0/s1. The van der Waals surface area contributed by atoms with Gasteiger partial charge in [-0.25, -0.2) is 4.79 Å². The average Bonchev–Trinajstić information content (AvgIpc) is 2.86. The Kier molecular flexibility index (Phi) is 6.37. The third kappa shape index (κ3) is 4.42. The van der Waals surface area contributed by atoms with Crippen molar-refractivity contribution in [2.75, 3.05) is 30.9 Å². The van der Waals surface area contributed by atoms with Gasteiger partial charge in [0.2, 0.25) is 0 Å². The number of carbonyl (C=O) groups excluding carboxylic acids is 1. The minimum Gasteiger partial charge on any atom is -0.465 e.